The van der Waals surface area contributed by atoms with Gasteiger partial charge >= 0.3 is 0 Å². The Kier molecular flexibility index (Phi) is 3.57. The molecular formula is C16H24N2O. The predicted molar refractivity (Wildman–Crippen MR) is 79.1 cm³/mol. The molecule has 3 nitrogen and oxygen atoms in total. The maximum absolute atomic E-state index is 12.6. The zero-order valence-electron chi connectivity index (χ0n) is 12.4. The van der Waals surface area contributed by atoms with Crippen molar-refractivity contribution >= 4 is 11.6 Å². The van der Waals surface area contributed by atoms with E-state index in [1.807, 2.05) is 24.0 Å². The number of carbonyl (C=O) groups is 1. The first-order valence-corrected chi connectivity index (χ1v) is 6.94. The number of nitrogens with two attached hydrogens (primary N) is 1. The van der Waals surface area contributed by atoms with E-state index in [0.29, 0.717) is 11.6 Å². The molecule has 1 heterocycles. The summed E-state index contributed by atoms with van der Waals surface area (Å²) in [6.07, 6.45) is 1.09. The fourth-order valence-electron chi connectivity index (χ4n) is 2.69. The van der Waals surface area contributed by atoms with E-state index in [4.69, 9.17) is 5.73 Å². The lowest BCUT2D eigenvalue weighted by atomic mass is 9.80. The van der Waals surface area contributed by atoms with Crippen LogP contribution in [0.15, 0.2) is 18.2 Å². The Balaban J connectivity index is 2.16. The Morgan fingerprint density at radius 2 is 2.05 bits per heavy atom. The van der Waals surface area contributed by atoms with Crippen molar-refractivity contribution in [2.24, 2.45) is 11.3 Å². The topological polar surface area (TPSA) is 46.3 Å². The molecule has 1 saturated heterocycles. The van der Waals surface area contributed by atoms with Crippen molar-refractivity contribution in [1.82, 2.24) is 4.90 Å². The zero-order chi connectivity index (χ0) is 14.2. The average Bonchev–Trinajstić information content (AvgIpc) is 2.80. The minimum absolute atomic E-state index is 0.122. The summed E-state index contributed by atoms with van der Waals surface area (Å²) in [7, 11) is 0. The van der Waals surface area contributed by atoms with Crippen LogP contribution in [0.1, 0.15) is 43.1 Å². The van der Waals surface area contributed by atoms with Gasteiger partial charge in [0.05, 0.1) is 0 Å². The highest BCUT2D eigenvalue weighted by Crippen LogP contribution is 2.34. The minimum atomic E-state index is 0.122. The van der Waals surface area contributed by atoms with Crippen LogP contribution >= 0.6 is 0 Å². The maximum Gasteiger partial charge on any atom is 0.254 e. The van der Waals surface area contributed by atoms with Crippen LogP contribution in [0.25, 0.3) is 0 Å². The zero-order valence-corrected chi connectivity index (χ0v) is 12.4. The van der Waals surface area contributed by atoms with Crippen molar-refractivity contribution in [1.29, 1.82) is 0 Å². The van der Waals surface area contributed by atoms with Gasteiger partial charge in [-0.25, -0.2) is 0 Å². The SMILES string of the molecule is Cc1ccc(N)cc1C(=O)N1CCC(C(C)(C)C)C1. The first kappa shape index (κ1) is 13.9. The van der Waals surface area contributed by atoms with Gasteiger partial charge in [-0.1, -0.05) is 26.8 Å². The molecular weight excluding hydrogens is 236 g/mol. The number of benzene rings is 1. The van der Waals surface area contributed by atoms with Gasteiger partial charge in [-0.05, 0) is 42.4 Å². The summed E-state index contributed by atoms with van der Waals surface area (Å²) in [5, 5.41) is 0. The van der Waals surface area contributed by atoms with Crippen LogP contribution in [0.2, 0.25) is 0 Å². The van der Waals surface area contributed by atoms with Gasteiger partial charge < -0.3 is 10.6 Å². The molecule has 1 aromatic carbocycles. The molecule has 19 heavy (non-hydrogen) atoms. The van der Waals surface area contributed by atoms with Crippen LogP contribution < -0.4 is 5.73 Å². The molecule has 0 aromatic heterocycles. The van der Waals surface area contributed by atoms with Crippen LogP contribution in [0.5, 0.6) is 0 Å². The normalized spacial score (nSPS) is 19.8. The Morgan fingerprint density at radius 3 is 2.63 bits per heavy atom. The lowest BCUT2D eigenvalue weighted by Crippen LogP contribution is -2.31. The molecule has 1 amide bonds. The van der Waals surface area contributed by atoms with E-state index in [2.05, 4.69) is 20.8 Å². The highest BCUT2D eigenvalue weighted by Gasteiger charge is 2.34. The summed E-state index contributed by atoms with van der Waals surface area (Å²) in [5.74, 6) is 0.703. The monoisotopic (exact) mass is 260 g/mol. The highest BCUT2D eigenvalue weighted by atomic mass is 16.2. The lowest BCUT2D eigenvalue weighted by Gasteiger charge is -2.27. The van der Waals surface area contributed by atoms with Crippen molar-refractivity contribution in [3.63, 3.8) is 0 Å². The second-order valence-electron chi connectivity index (χ2n) is 6.68. The third-order valence-corrected chi connectivity index (χ3v) is 4.19. The number of aryl methyl sites for hydroxylation is 1. The number of hydrogen-bond acceptors (Lipinski definition) is 2. The number of carbonyl (C=O) groups excluding carboxylic acids is 1. The van der Waals surface area contributed by atoms with Crippen molar-refractivity contribution < 1.29 is 4.79 Å². The van der Waals surface area contributed by atoms with Gasteiger partial charge in [-0.2, -0.15) is 0 Å². The van der Waals surface area contributed by atoms with Gasteiger partial charge in [0.25, 0.3) is 5.91 Å². The average molecular weight is 260 g/mol. The maximum atomic E-state index is 12.6. The molecule has 1 atom stereocenters. The lowest BCUT2D eigenvalue weighted by molar-refractivity contribution is 0.0776. The largest absolute Gasteiger partial charge is 0.399 e. The van der Waals surface area contributed by atoms with Gasteiger partial charge in [0.2, 0.25) is 0 Å². The molecule has 1 aliphatic rings. The van der Waals surface area contributed by atoms with Gasteiger partial charge in [0.15, 0.2) is 0 Å². The van der Waals surface area contributed by atoms with Crippen molar-refractivity contribution in [3.8, 4) is 0 Å². The highest BCUT2D eigenvalue weighted by molar-refractivity contribution is 5.96. The van der Waals surface area contributed by atoms with E-state index in [1.165, 1.54) is 0 Å². The third kappa shape index (κ3) is 2.91. The van der Waals surface area contributed by atoms with Gasteiger partial charge in [-0.3, -0.25) is 4.79 Å². The molecule has 1 unspecified atom stereocenters. The van der Waals surface area contributed by atoms with Gasteiger partial charge in [0, 0.05) is 24.3 Å². The standard InChI is InChI=1S/C16H24N2O/c1-11-5-6-13(17)9-14(11)15(19)18-8-7-12(10-18)16(2,3)4/h5-6,9,12H,7-8,10,17H2,1-4H3. The van der Waals surface area contributed by atoms with E-state index in [0.717, 1.165) is 30.6 Å². The first-order chi connectivity index (χ1) is 8.79. The molecule has 104 valence electrons. The van der Waals surface area contributed by atoms with Crippen LogP contribution in [-0.4, -0.2) is 23.9 Å². The van der Waals surface area contributed by atoms with E-state index in [-0.39, 0.29) is 11.3 Å². The molecule has 1 fully saturated rings. The summed E-state index contributed by atoms with van der Waals surface area (Å²) in [4.78, 5) is 14.5. The number of amides is 1. The molecule has 0 aliphatic carbocycles. The molecule has 1 aliphatic heterocycles. The van der Waals surface area contributed by atoms with E-state index < -0.39 is 0 Å². The molecule has 2 rings (SSSR count). The molecule has 0 bridgehead atoms. The number of rotatable bonds is 1. The van der Waals surface area contributed by atoms with Crippen LogP contribution in [0.3, 0.4) is 0 Å². The number of nitrogens with zero attached hydrogens (tertiary/aromatic N) is 1. The number of likely N-dealkylation sites (tertiary alicyclic amines) is 1. The van der Waals surface area contributed by atoms with Crippen LogP contribution in [0, 0.1) is 18.3 Å². The van der Waals surface area contributed by atoms with E-state index >= 15 is 0 Å². The second-order valence-corrected chi connectivity index (χ2v) is 6.68. The second kappa shape index (κ2) is 4.87. The predicted octanol–water partition coefficient (Wildman–Crippen LogP) is 3.09. The van der Waals surface area contributed by atoms with Crippen molar-refractivity contribution in [3.05, 3.63) is 29.3 Å². The fraction of sp³-hybridized carbons (Fsp3) is 0.562. The Morgan fingerprint density at radius 1 is 1.37 bits per heavy atom. The van der Waals surface area contributed by atoms with E-state index in [1.54, 1.807) is 6.07 Å². The molecule has 3 heteroatoms. The Hall–Kier alpha value is -1.51. The van der Waals surface area contributed by atoms with Crippen LogP contribution in [0.4, 0.5) is 5.69 Å². The molecule has 0 saturated carbocycles. The van der Waals surface area contributed by atoms with Crippen molar-refractivity contribution in [2.75, 3.05) is 18.8 Å². The van der Waals surface area contributed by atoms with Crippen LogP contribution in [-0.2, 0) is 0 Å². The smallest absolute Gasteiger partial charge is 0.254 e. The molecule has 0 radical (unpaired) electrons. The molecule has 2 N–H and O–H groups in total. The summed E-state index contributed by atoms with van der Waals surface area (Å²) in [6.45, 7) is 10.4. The summed E-state index contributed by atoms with van der Waals surface area (Å²) >= 11 is 0. The fourth-order valence-corrected chi connectivity index (χ4v) is 2.69. The molecule has 0 spiro atoms. The van der Waals surface area contributed by atoms with Gasteiger partial charge in [-0.15, -0.1) is 0 Å². The van der Waals surface area contributed by atoms with Crippen molar-refractivity contribution in [2.45, 2.75) is 34.1 Å². The summed E-state index contributed by atoms with van der Waals surface area (Å²) < 4.78 is 0. The summed E-state index contributed by atoms with van der Waals surface area (Å²) in [6, 6.07) is 5.55. The number of anilines is 1. The number of hydrogen-bond donors (Lipinski definition) is 1. The Bertz CT molecular complexity index is 488. The van der Waals surface area contributed by atoms with Gasteiger partial charge in [0.1, 0.15) is 0 Å². The number of nitrogen functional groups attached to an aromatic ring is 1. The third-order valence-electron chi connectivity index (χ3n) is 4.19. The quantitative estimate of drug-likeness (QED) is 0.789. The summed E-state index contributed by atoms with van der Waals surface area (Å²) in [5.41, 5.74) is 8.45. The minimum Gasteiger partial charge on any atom is -0.399 e. The first-order valence-electron chi connectivity index (χ1n) is 6.94. The Labute approximate surface area is 115 Å². The van der Waals surface area contributed by atoms with E-state index in [9.17, 15) is 4.79 Å². The molecule has 1 aromatic rings.